The van der Waals surface area contributed by atoms with E-state index in [1.54, 1.807) is 18.2 Å². The molecular formula is C21H22FN5OS2. The fourth-order valence-electron chi connectivity index (χ4n) is 3.27. The summed E-state index contributed by atoms with van der Waals surface area (Å²) in [4.78, 5) is 17.1. The highest BCUT2D eigenvalue weighted by Crippen LogP contribution is 2.31. The van der Waals surface area contributed by atoms with Crippen molar-refractivity contribution in [1.82, 2.24) is 15.1 Å². The summed E-state index contributed by atoms with van der Waals surface area (Å²) >= 11 is 2.69. The Kier molecular flexibility index (Phi) is 6.49. The van der Waals surface area contributed by atoms with Gasteiger partial charge in [-0.25, -0.2) is 4.39 Å². The molecule has 1 aromatic heterocycles. The summed E-state index contributed by atoms with van der Waals surface area (Å²) in [6, 6.07) is 16.7. The Hall–Kier alpha value is -2.65. The number of anilines is 3. The molecule has 1 unspecified atom stereocenters. The first-order valence-corrected chi connectivity index (χ1v) is 11.4. The zero-order valence-electron chi connectivity index (χ0n) is 16.5. The number of carbonyl (C=O) groups excluding carboxylic acids is 1. The lowest BCUT2D eigenvalue weighted by Gasteiger charge is -2.37. The molecule has 1 amide bonds. The van der Waals surface area contributed by atoms with Gasteiger partial charge in [0.25, 0.3) is 0 Å². The van der Waals surface area contributed by atoms with Crippen molar-refractivity contribution in [3.05, 3.63) is 60.4 Å². The number of hydrogen-bond donors (Lipinski definition) is 1. The average Bonchev–Trinajstić information content (AvgIpc) is 3.22. The highest BCUT2D eigenvalue weighted by atomic mass is 32.2. The van der Waals surface area contributed by atoms with E-state index < -0.39 is 0 Å². The number of halogens is 1. The van der Waals surface area contributed by atoms with E-state index in [9.17, 15) is 9.18 Å². The van der Waals surface area contributed by atoms with Crippen LogP contribution in [0.3, 0.4) is 0 Å². The fourth-order valence-corrected chi connectivity index (χ4v) is 5.26. The summed E-state index contributed by atoms with van der Waals surface area (Å²) in [6.45, 7) is 4.94. The molecule has 30 heavy (non-hydrogen) atoms. The molecule has 1 saturated heterocycles. The molecule has 2 heterocycles. The van der Waals surface area contributed by atoms with Crippen LogP contribution in [-0.4, -0.2) is 52.4 Å². The number of rotatable bonds is 6. The van der Waals surface area contributed by atoms with E-state index in [0.717, 1.165) is 13.1 Å². The molecular weight excluding hydrogens is 421 g/mol. The zero-order chi connectivity index (χ0) is 20.9. The van der Waals surface area contributed by atoms with Gasteiger partial charge in [-0.3, -0.25) is 4.79 Å². The van der Waals surface area contributed by atoms with E-state index in [-0.39, 0.29) is 17.0 Å². The van der Waals surface area contributed by atoms with Crippen LogP contribution in [0.15, 0.2) is 58.9 Å². The molecule has 3 aromatic rings. The number of para-hydroxylation sites is 2. The molecule has 1 atom stereocenters. The highest BCUT2D eigenvalue weighted by molar-refractivity contribution is 8.02. The molecule has 0 radical (unpaired) electrons. The van der Waals surface area contributed by atoms with Crippen molar-refractivity contribution in [3.8, 4) is 0 Å². The minimum Gasteiger partial charge on any atom is -0.368 e. The second-order valence-electron chi connectivity index (χ2n) is 6.89. The molecule has 0 bridgehead atoms. The third-order valence-corrected chi connectivity index (χ3v) is 6.87. The summed E-state index contributed by atoms with van der Waals surface area (Å²) in [5.41, 5.74) is 1.54. The maximum atomic E-state index is 13.8. The normalized spacial score (nSPS) is 15.1. The zero-order valence-corrected chi connectivity index (χ0v) is 18.1. The molecule has 2 aromatic carbocycles. The van der Waals surface area contributed by atoms with Crippen molar-refractivity contribution >= 4 is 45.5 Å². The first-order valence-electron chi connectivity index (χ1n) is 9.70. The van der Waals surface area contributed by atoms with Gasteiger partial charge >= 0.3 is 0 Å². The van der Waals surface area contributed by atoms with Crippen LogP contribution < -0.4 is 10.2 Å². The molecule has 1 aliphatic rings. The van der Waals surface area contributed by atoms with Crippen molar-refractivity contribution in [2.45, 2.75) is 16.5 Å². The standard InChI is InChI=1S/C21H22FN5OS2/c1-15(19(28)27-13-11-26(12-14-27)16-7-3-2-4-8-16)29-21-25-24-20(30-21)23-18-10-6-5-9-17(18)22/h2-10,15H,11-14H2,1H3,(H,23,24). The van der Waals surface area contributed by atoms with Crippen LogP contribution in [0.4, 0.5) is 20.9 Å². The number of thioether (sulfide) groups is 1. The van der Waals surface area contributed by atoms with Gasteiger partial charge < -0.3 is 15.1 Å². The van der Waals surface area contributed by atoms with Gasteiger partial charge in [0.05, 0.1) is 10.9 Å². The van der Waals surface area contributed by atoms with Crippen LogP contribution in [0.1, 0.15) is 6.92 Å². The maximum Gasteiger partial charge on any atom is 0.235 e. The monoisotopic (exact) mass is 443 g/mol. The van der Waals surface area contributed by atoms with Crippen LogP contribution >= 0.6 is 23.1 Å². The second kappa shape index (κ2) is 9.44. The average molecular weight is 444 g/mol. The Morgan fingerprint density at radius 1 is 1.07 bits per heavy atom. The quantitative estimate of drug-likeness (QED) is 0.575. The second-order valence-corrected chi connectivity index (χ2v) is 9.45. The first-order chi connectivity index (χ1) is 14.6. The number of aromatic nitrogens is 2. The fraction of sp³-hybridized carbons (Fsp3) is 0.286. The largest absolute Gasteiger partial charge is 0.368 e. The number of hydrogen-bond acceptors (Lipinski definition) is 7. The Bertz CT molecular complexity index is 992. The lowest BCUT2D eigenvalue weighted by atomic mass is 10.2. The predicted molar refractivity (Wildman–Crippen MR) is 120 cm³/mol. The van der Waals surface area contributed by atoms with E-state index in [1.807, 2.05) is 30.0 Å². The lowest BCUT2D eigenvalue weighted by molar-refractivity contribution is -0.130. The van der Waals surface area contributed by atoms with Crippen LogP contribution in [0, 0.1) is 5.82 Å². The van der Waals surface area contributed by atoms with Crippen LogP contribution in [-0.2, 0) is 4.79 Å². The number of piperazine rings is 1. The molecule has 6 nitrogen and oxygen atoms in total. The van der Waals surface area contributed by atoms with Gasteiger partial charge in [-0.05, 0) is 31.2 Å². The van der Waals surface area contributed by atoms with Crippen LogP contribution in [0.2, 0.25) is 0 Å². The van der Waals surface area contributed by atoms with E-state index in [2.05, 4.69) is 32.5 Å². The van der Waals surface area contributed by atoms with Crippen molar-refractivity contribution in [2.75, 3.05) is 36.4 Å². The molecule has 1 fully saturated rings. The summed E-state index contributed by atoms with van der Waals surface area (Å²) in [5, 5.41) is 11.4. The number of benzene rings is 2. The SMILES string of the molecule is CC(Sc1nnc(Nc2ccccc2F)s1)C(=O)N1CCN(c2ccccc2)CC1. The summed E-state index contributed by atoms with van der Waals surface area (Å²) in [6.07, 6.45) is 0. The Morgan fingerprint density at radius 2 is 1.77 bits per heavy atom. The van der Waals surface area contributed by atoms with Crippen molar-refractivity contribution in [1.29, 1.82) is 0 Å². The van der Waals surface area contributed by atoms with E-state index in [1.165, 1.54) is 34.9 Å². The Balaban J connectivity index is 1.30. The third kappa shape index (κ3) is 4.91. The highest BCUT2D eigenvalue weighted by Gasteiger charge is 2.26. The van der Waals surface area contributed by atoms with Gasteiger partial charge in [-0.2, -0.15) is 0 Å². The smallest absolute Gasteiger partial charge is 0.235 e. The van der Waals surface area contributed by atoms with Gasteiger partial charge in [0.1, 0.15) is 5.82 Å². The molecule has 1 aliphatic heterocycles. The molecule has 0 spiro atoms. The summed E-state index contributed by atoms with van der Waals surface area (Å²) in [5.74, 6) is -0.244. The molecule has 9 heteroatoms. The van der Waals surface area contributed by atoms with Crippen molar-refractivity contribution < 1.29 is 9.18 Å². The Morgan fingerprint density at radius 3 is 2.50 bits per heavy atom. The van der Waals surface area contributed by atoms with Crippen LogP contribution in [0.25, 0.3) is 0 Å². The minimum absolute atomic E-state index is 0.103. The Labute approximate surface area is 183 Å². The molecule has 1 N–H and O–H groups in total. The van der Waals surface area contributed by atoms with Gasteiger partial charge in [-0.15, -0.1) is 10.2 Å². The van der Waals surface area contributed by atoms with Gasteiger partial charge in [0.2, 0.25) is 11.0 Å². The van der Waals surface area contributed by atoms with E-state index in [4.69, 9.17) is 0 Å². The van der Waals surface area contributed by atoms with E-state index in [0.29, 0.717) is 28.2 Å². The minimum atomic E-state index is -0.347. The lowest BCUT2D eigenvalue weighted by Crippen LogP contribution is -2.50. The number of amides is 1. The molecule has 156 valence electrons. The third-order valence-electron chi connectivity index (χ3n) is 4.86. The molecule has 0 aliphatic carbocycles. The maximum absolute atomic E-state index is 13.8. The number of carbonyl (C=O) groups is 1. The summed E-state index contributed by atoms with van der Waals surface area (Å²) in [7, 11) is 0. The number of nitrogens with zero attached hydrogens (tertiary/aromatic N) is 4. The summed E-state index contributed by atoms with van der Waals surface area (Å²) < 4.78 is 14.5. The van der Waals surface area contributed by atoms with Gasteiger partial charge in [0, 0.05) is 31.9 Å². The molecule has 0 saturated carbocycles. The van der Waals surface area contributed by atoms with Crippen molar-refractivity contribution in [3.63, 3.8) is 0 Å². The topological polar surface area (TPSA) is 61.4 Å². The van der Waals surface area contributed by atoms with E-state index >= 15 is 0 Å². The van der Waals surface area contributed by atoms with Gasteiger partial charge in [0.15, 0.2) is 4.34 Å². The van der Waals surface area contributed by atoms with Gasteiger partial charge in [-0.1, -0.05) is 53.4 Å². The molecule has 4 rings (SSSR count). The van der Waals surface area contributed by atoms with Crippen molar-refractivity contribution in [2.24, 2.45) is 0 Å². The first kappa shape index (κ1) is 20.6. The van der Waals surface area contributed by atoms with Crippen LogP contribution in [0.5, 0.6) is 0 Å². The predicted octanol–water partition coefficient (Wildman–Crippen LogP) is 4.25. The number of nitrogens with one attached hydrogen (secondary N) is 1.